The molecular weight excluding hydrogens is 1710 g/mol. The molecule has 139 heavy (non-hydrogen) atoms. The molecule has 28 rings (SSSR count). The number of nitrogens with one attached hydrogen (secondary N) is 1. The largest absolute Gasteiger partial charge is 0.456 e. The standard InChI is InChI=1S/2C39H24N4O.C34H23N3O.C12H9N/c1-2-12-25(13-3-1)37-40-38(42-39(41-37)43-33-21-7-4-16-29(33)30-17-5-8-22-34(30)43)27-15-10-14-26(24-27)28-19-11-20-32-31-18-6-9-23-35(31)44-36(28)32;1-2-11-25(12-3-1)37-40-38(42-39(41-37)43-33-18-7-4-15-29(33)30-16-5-8-19-34(30)43)28-14-10-13-26(23-28)27-21-22-36-32(24-27)31-17-6-9-20-35(31)44-36;1-22-9-7-13-26(19-22)33-35-32(23-10-3-2-4-11-23)36-34(37-33)27-14-8-12-24(20-27)25-17-18-29-28-15-5-6-16-30(28)38-31(29)21-25;1-3-7-11-9(5-1)10-6-2-4-8-12(10)13-11/h2*1-24H;2-21H,1H3;1-8,13H. The summed E-state index contributed by atoms with van der Waals surface area (Å²) in [5.41, 5.74) is 26.0. The summed E-state index contributed by atoms with van der Waals surface area (Å²) in [7, 11) is 0. The van der Waals surface area contributed by atoms with Crippen molar-refractivity contribution in [3.05, 3.63) is 467 Å². The van der Waals surface area contributed by atoms with Crippen LogP contribution in [-0.2, 0) is 0 Å². The van der Waals surface area contributed by atoms with Gasteiger partial charge in [-0.3, -0.25) is 9.13 Å². The second-order valence-corrected chi connectivity index (χ2v) is 34.4. The molecule has 9 aromatic heterocycles. The molecule has 0 bridgehead atoms. The Morgan fingerprint density at radius 1 is 0.180 bits per heavy atom. The number of furan rings is 3. The third-order valence-electron chi connectivity index (χ3n) is 25.7. The van der Waals surface area contributed by atoms with Crippen LogP contribution in [-0.4, -0.2) is 59.0 Å². The van der Waals surface area contributed by atoms with Crippen LogP contribution in [0.5, 0.6) is 0 Å². The average molecular weight is 1790 g/mol. The van der Waals surface area contributed by atoms with Crippen LogP contribution in [0.3, 0.4) is 0 Å². The van der Waals surface area contributed by atoms with Crippen molar-refractivity contribution in [1.29, 1.82) is 0 Å². The average Bonchev–Trinajstić information content (AvgIpc) is 1.60. The number of H-pyrrole nitrogens is 1. The van der Waals surface area contributed by atoms with Crippen molar-refractivity contribution in [3.8, 4) is 125 Å². The van der Waals surface area contributed by atoms with Gasteiger partial charge in [-0.15, -0.1) is 0 Å². The lowest BCUT2D eigenvalue weighted by atomic mass is 10.0. The molecule has 0 aliphatic carbocycles. The monoisotopic (exact) mass is 1780 g/mol. The van der Waals surface area contributed by atoms with E-state index in [9.17, 15) is 0 Å². The SMILES string of the molecule is Cc1cccc(-c2nc(-c3ccccc3)nc(-c3cccc(-c4ccc5c(c4)oc4ccccc45)c3)n2)c1.c1ccc(-c2nc(-c3cccc(-c4ccc5oc6ccccc6c5c4)c3)nc(-n3c4ccccc4c4ccccc43)n2)cc1.c1ccc(-c2nc(-c3cccc(-c4cccc5c4oc4ccccc45)c3)nc(-n3c4ccccc4c4ccccc43)n2)cc1.c1ccc2c(c1)[nH]c1ccccc12. The molecule has 0 unspecified atom stereocenters. The predicted octanol–water partition coefficient (Wildman–Crippen LogP) is 31.8. The van der Waals surface area contributed by atoms with Crippen molar-refractivity contribution in [2.45, 2.75) is 6.92 Å². The Morgan fingerprint density at radius 2 is 0.475 bits per heavy atom. The minimum Gasteiger partial charge on any atom is -0.456 e. The fourth-order valence-corrected chi connectivity index (χ4v) is 19.1. The number of aromatic amines is 1. The van der Waals surface area contributed by atoms with E-state index in [0.717, 1.165) is 187 Å². The van der Waals surface area contributed by atoms with Crippen LogP contribution in [0.1, 0.15) is 5.56 Å². The van der Waals surface area contributed by atoms with Gasteiger partial charge in [-0.05, 0) is 138 Å². The molecule has 0 amide bonds. The van der Waals surface area contributed by atoms with E-state index >= 15 is 0 Å². The molecule has 15 heteroatoms. The van der Waals surface area contributed by atoms with Crippen molar-refractivity contribution in [1.82, 2.24) is 59.0 Å². The van der Waals surface area contributed by atoms with E-state index in [1.165, 1.54) is 21.8 Å². The highest BCUT2D eigenvalue weighted by atomic mass is 16.3. The van der Waals surface area contributed by atoms with Crippen LogP contribution in [0.15, 0.2) is 474 Å². The van der Waals surface area contributed by atoms with Gasteiger partial charge in [0.1, 0.15) is 33.5 Å². The summed E-state index contributed by atoms with van der Waals surface area (Å²) in [4.78, 5) is 48.4. The summed E-state index contributed by atoms with van der Waals surface area (Å²) in [6, 6.07) is 157. The molecule has 0 saturated carbocycles. The van der Waals surface area contributed by atoms with Crippen LogP contribution in [0.25, 0.3) is 256 Å². The summed E-state index contributed by atoms with van der Waals surface area (Å²) in [5, 5.41) is 13.9. The van der Waals surface area contributed by atoms with Crippen molar-refractivity contribution >= 4 is 131 Å². The molecule has 0 fully saturated rings. The molecule has 19 aromatic carbocycles. The van der Waals surface area contributed by atoms with Crippen LogP contribution in [0, 0.1) is 6.92 Å². The van der Waals surface area contributed by atoms with Crippen LogP contribution in [0.4, 0.5) is 0 Å². The quantitative estimate of drug-likeness (QED) is 0.122. The first-order chi connectivity index (χ1) is 68.8. The van der Waals surface area contributed by atoms with Crippen molar-refractivity contribution in [2.75, 3.05) is 0 Å². The van der Waals surface area contributed by atoms with E-state index in [1.807, 2.05) is 176 Å². The number of fused-ring (bicyclic) bond motifs is 18. The Hall–Kier alpha value is -19.0. The number of hydrogen-bond donors (Lipinski definition) is 1. The Bertz CT molecular complexity index is 9420. The number of aryl methyl sites for hydroxylation is 1. The first-order valence-corrected chi connectivity index (χ1v) is 46.3. The Kier molecular flexibility index (Phi) is 20.8. The molecule has 0 atom stereocenters. The third kappa shape index (κ3) is 15.5. The normalized spacial score (nSPS) is 11.5. The fourth-order valence-electron chi connectivity index (χ4n) is 19.1. The minimum absolute atomic E-state index is 0.580. The molecule has 0 spiro atoms. The molecule has 0 aliphatic rings. The topological polar surface area (TPSA) is 181 Å². The lowest BCUT2D eigenvalue weighted by molar-refractivity contribution is 0.668. The van der Waals surface area contributed by atoms with Crippen molar-refractivity contribution in [2.24, 2.45) is 0 Å². The third-order valence-corrected chi connectivity index (χ3v) is 25.7. The highest BCUT2D eigenvalue weighted by Crippen LogP contribution is 2.43. The Balaban J connectivity index is 0.000000103. The van der Waals surface area contributed by atoms with Gasteiger partial charge in [0.05, 0.1) is 22.1 Å². The molecule has 0 saturated heterocycles. The maximum atomic E-state index is 6.37. The number of rotatable bonds is 12. The molecule has 28 aromatic rings. The van der Waals surface area contributed by atoms with E-state index in [4.69, 9.17) is 58.1 Å². The summed E-state index contributed by atoms with van der Waals surface area (Å²) in [5.74, 6) is 5.59. The summed E-state index contributed by atoms with van der Waals surface area (Å²) < 4.78 is 22.9. The van der Waals surface area contributed by atoms with E-state index in [1.54, 1.807) is 0 Å². The van der Waals surface area contributed by atoms with Crippen LogP contribution < -0.4 is 0 Å². The molecular formula is C124H80N12O3. The van der Waals surface area contributed by atoms with Gasteiger partial charge in [0, 0.05) is 120 Å². The summed E-state index contributed by atoms with van der Waals surface area (Å²) >= 11 is 0. The van der Waals surface area contributed by atoms with Crippen molar-refractivity contribution < 1.29 is 13.3 Å². The Morgan fingerprint density at radius 3 is 0.950 bits per heavy atom. The zero-order chi connectivity index (χ0) is 92.2. The number of hydrogen-bond acceptors (Lipinski definition) is 12. The van der Waals surface area contributed by atoms with Gasteiger partial charge >= 0.3 is 0 Å². The van der Waals surface area contributed by atoms with Gasteiger partial charge in [-0.25, -0.2) is 24.9 Å². The van der Waals surface area contributed by atoms with Gasteiger partial charge in [0.15, 0.2) is 40.8 Å². The first kappa shape index (κ1) is 82.0. The second kappa shape index (κ2) is 35.2. The minimum atomic E-state index is 0.580. The molecule has 1 N–H and O–H groups in total. The van der Waals surface area contributed by atoms with E-state index in [-0.39, 0.29) is 0 Å². The zero-order valence-electron chi connectivity index (χ0n) is 75.0. The zero-order valence-corrected chi connectivity index (χ0v) is 75.0. The van der Waals surface area contributed by atoms with Gasteiger partial charge in [0.2, 0.25) is 11.9 Å². The lowest BCUT2D eigenvalue weighted by Crippen LogP contribution is -2.06. The fraction of sp³-hybridized carbons (Fsp3) is 0.00806. The summed E-state index contributed by atoms with van der Waals surface area (Å²) in [6.45, 7) is 2.08. The molecule has 654 valence electrons. The van der Waals surface area contributed by atoms with Gasteiger partial charge in [0.25, 0.3) is 0 Å². The van der Waals surface area contributed by atoms with Gasteiger partial charge in [-0.2, -0.15) is 19.9 Å². The number of nitrogens with zero attached hydrogens (tertiary/aromatic N) is 11. The smallest absolute Gasteiger partial charge is 0.238 e. The van der Waals surface area contributed by atoms with Crippen LogP contribution in [0.2, 0.25) is 0 Å². The molecule has 0 aliphatic heterocycles. The lowest BCUT2D eigenvalue weighted by Gasteiger charge is -2.11. The van der Waals surface area contributed by atoms with E-state index < -0.39 is 0 Å². The molecule has 9 heterocycles. The van der Waals surface area contributed by atoms with Crippen LogP contribution >= 0.6 is 0 Å². The molecule has 15 nitrogen and oxygen atoms in total. The second-order valence-electron chi connectivity index (χ2n) is 34.4. The first-order valence-electron chi connectivity index (χ1n) is 46.3. The summed E-state index contributed by atoms with van der Waals surface area (Å²) in [6.07, 6.45) is 0. The van der Waals surface area contributed by atoms with Gasteiger partial charge < -0.3 is 18.2 Å². The maximum Gasteiger partial charge on any atom is 0.238 e. The predicted molar refractivity (Wildman–Crippen MR) is 565 cm³/mol. The van der Waals surface area contributed by atoms with Gasteiger partial charge in [-0.1, -0.05) is 363 Å². The van der Waals surface area contributed by atoms with E-state index in [2.05, 4.69) is 306 Å². The van der Waals surface area contributed by atoms with E-state index in [0.29, 0.717) is 52.7 Å². The Labute approximate surface area is 796 Å². The maximum absolute atomic E-state index is 6.37. The number of para-hydroxylation sites is 10. The highest BCUT2D eigenvalue weighted by molar-refractivity contribution is 6.13. The molecule has 0 radical (unpaired) electrons. The highest BCUT2D eigenvalue weighted by Gasteiger charge is 2.24. The van der Waals surface area contributed by atoms with Crippen molar-refractivity contribution in [3.63, 3.8) is 0 Å². The number of benzene rings is 19. The number of aromatic nitrogens is 12.